The Morgan fingerprint density at radius 2 is 1.42 bits per heavy atom. The molecule has 6 nitrogen and oxygen atoms in total. The van der Waals surface area contributed by atoms with E-state index in [-0.39, 0.29) is 12.4 Å². The van der Waals surface area contributed by atoms with Gasteiger partial charge in [-0.3, -0.25) is 9.98 Å². The summed E-state index contributed by atoms with van der Waals surface area (Å²) < 4.78 is 0. The zero-order valence-electron chi connectivity index (χ0n) is 14.5. The Labute approximate surface area is 159 Å². The fraction of sp³-hybridized carbons (Fsp3) is 0.263. The van der Waals surface area contributed by atoms with Gasteiger partial charge in [0.15, 0.2) is 11.9 Å². The molecule has 0 fully saturated rings. The Balaban J connectivity index is 0.00000196. The second kappa shape index (κ2) is 8.58. The first-order valence-electron chi connectivity index (χ1n) is 8.64. The van der Waals surface area contributed by atoms with Gasteiger partial charge >= 0.3 is 0 Å². The highest BCUT2D eigenvalue weighted by atomic mass is 35.5. The SMILES string of the molecule is Cl.c1cc(Cc2ccc(NC3=NCCN3)cc2)cc(NC2=NCCN2)c1. The van der Waals surface area contributed by atoms with E-state index in [1.165, 1.54) is 11.1 Å². The van der Waals surface area contributed by atoms with Gasteiger partial charge in [0, 0.05) is 24.5 Å². The van der Waals surface area contributed by atoms with Crippen molar-refractivity contribution in [3.8, 4) is 0 Å². The van der Waals surface area contributed by atoms with Crippen LogP contribution in [0.5, 0.6) is 0 Å². The molecule has 26 heavy (non-hydrogen) atoms. The van der Waals surface area contributed by atoms with Crippen molar-refractivity contribution in [3.05, 3.63) is 59.7 Å². The lowest BCUT2D eigenvalue weighted by molar-refractivity contribution is 0.959. The second-order valence-corrected chi connectivity index (χ2v) is 6.14. The van der Waals surface area contributed by atoms with Gasteiger partial charge in [-0.2, -0.15) is 0 Å². The quantitative estimate of drug-likeness (QED) is 0.667. The summed E-state index contributed by atoms with van der Waals surface area (Å²) in [6.45, 7) is 3.49. The minimum absolute atomic E-state index is 0. The van der Waals surface area contributed by atoms with Crippen molar-refractivity contribution in [2.45, 2.75) is 6.42 Å². The van der Waals surface area contributed by atoms with E-state index >= 15 is 0 Å². The first kappa shape index (κ1) is 18.1. The Hall–Kier alpha value is -2.73. The van der Waals surface area contributed by atoms with Crippen LogP contribution in [-0.4, -0.2) is 38.1 Å². The summed E-state index contributed by atoms with van der Waals surface area (Å²) in [5.74, 6) is 1.71. The standard InChI is InChI=1S/C19H22N6.ClH/c1-2-15(13-17(3-1)25-19-22-10-11-23-19)12-14-4-6-16(7-5-14)24-18-20-8-9-21-18;/h1-7,13H,8-12H2,(H2,20,21,24)(H2,22,23,25);1H. The van der Waals surface area contributed by atoms with Crippen LogP contribution in [0.25, 0.3) is 0 Å². The molecule has 2 heterocycles. The molecule has 2 aromatic rings. The number of hydrogen-bond donors (Lipinski definition) is 4. The van der Waals surface area contributed by atoms with Crippen LogP contribution in [0.15, 0.2) is 58.5 Å². The zero-order valence-corrected chi connectivity index (χ0v) is 15.3. The minimum atomic E-state index is 0. The van der Waals surface area contributed by atoms with Gasteiger partial charge in [0.1, 0.15) is 0 Å². The highest BCUT2D eigenvalue weighted by Crippen LogP contribution is 2.17. The molecule has 0 bridgehead atoms. The Bertz CT molecular complexity index is 800. The molecule has 2 aliphatic heterocycles. The maximum absolute atomic E-state index is 4.37. The second-order valence-electron chi connectivity index (χ2n) is 6.14. The van der Waals surface area contributed by atoms with Crippen molar-refractivity contribution in [1.29, 1.82) is 0 Å². The first-order valence-corrected chi connectivity index (χ1v) is 8.64. The van der Waals surface area contributed by atoms with Crippen LogP contribution in [0, 0.1) is 0 Å². The van der Waals surface area contributed by atoms with Crippen molar-refractivity contribution in [2.75, 3.05) is 36.8 Å². The van der Waals surface area contributed by atoms with E-state index in [0.717, 1.165) is 55.9 Å². The molecule has 136 valence electrons. The lowest BCUT2D eigenvalue weighted by atomic mass is 10.0. The van der Waals surface area contributed by atoms with Crippen LogP contribution in [-0.2, 0) is 6.42 Å². The lowest BCUT2D eigenvalue weighted by Crippen LogP contribution is -2.26. The molecule has 2 aliphatic rings. The van der Waals surface area contributed by atoms with E-state index in [9.17, 15) is 0 Å². The van der Waals surface area contributed by atoms with E-state index in [1.807, 2.05) is 0 Å². The van der Waals surface area contributed by atoms with Crippen LogP contribution in [0.3, 0.4) is 0 Å². The minimum Gasteiger partial charge on any atom is -0.354 e. The van der Waals surface area contributed by atoms with Crippen molar-refractivity contribution in [3.63, 3.8) is 0 Å². The smallest absolute Gasteiger partial charge is 0.195 e. The molecule has 4 rings (SSSR count). The zero-order chi connectivity index (χ0) is 16.9. The summed E-state index contributed by atoms with van der Waals surface area (Å²) in [5, 5.41) is 13.1. The van der Waals surface area contributed by atoms with E-state index < -0.39 is 0 Å². The number of rotatable bonds is 4. The van der Waals surface area contributed by atoms with E-state index in [1.54, 1.807) is 0 Å². The molecule has 0 radical (unpaired) electrons. The maximum atomic E-state index is 4.37. The van der Waals surface area contributed by atoms with Crippen LogP contribution in [0.1, 0.15) is 11.1 Å². The molecule has 0 saturated heterocycles. The molecule has 0 spiro atoms. The highest BCUT2D eigenvalue weighted by Gasteiger charge is 2.06. The third kappa shape index (κ3) is 4.67. The van der Waals surface area contributed by atoms with Gasteiger partial charge in [-0.25, -0.2) is 0 Å². The van der Waals surface area contributed by atoms with Gasteiger partial charge in [-0.1, -0.05) is 24.3 Å². The Kier molecular flexibility index (Phi) is 5.96. The van der Waals surface area contributed by atoms with Crippen molar-refractivity contribution in [1.82, 2.24) is 10.6 Å². The predicted octanol–water partition coefficient (Wildman–Crippen LogP) is 2.44. The fourth-order valence-electron chi connectivity index (χ4n) is 2.94. The van der Waals surface area contributed by atoms with Crippen molar-refractivity contribution < 1.29 is 0 Å². The van der Waals surface area contributed by atoms with Crippen LogP contribution < -0.4 is 21.3 Å². The molecule has 0 unspecified atom stereocenters. The molecule has 0 aromatic heterocycles. The Morgan fingerprint density at radius 1 is 0.769 bits per heavy atom. The molecular weight excluding hydrogens is 348 g/mol. The predicted molar refractivity (Wildman–Crippen MR) is 111 cm³/mol. The van der Waals surface area contributed by atoms with Gasteiger partial charge in [-0.15, -0.1) is 12.4 Å². The molecule has 7 heteroatoms. The van der Waals surface area contributed by atoms with E-state index in [2.05, 4.69) is 79.8 Å². The monoisotopic (exact) mass is 370 g/mol. The number of benzene rings is 2. The molecule has 0 aliphatic carbocycles. The normalized spacial score (nSPS) is 15.2. The summed E-state index contributed by atoms with van der Waals surface area (Å²) in [4.78, 5) is 8.71. The highest BCUT2D eigenvalue weighted by molar-refractivity contribution is 5.95. The number of aliphatic imine (C=N–C) groups is 2. The summed E-state index contributed by atoms with van der Waals surface area (Å²) in [5.41, 5.74) is 4.67. The number of hydrogen-bond acceptors (Lipinski definition) is 6. The number of halogens is 1. The van der Waals surface area contributed by atoms with Crippen LogP contribution in [0.2, 0.25) is 0 Å². The van der Waals surface area contributed by atoms with Crippen molar-refractivity contribution >= 4 is 35.7 Å². The fourth-order valence-corrected chi connectivity index (χ4v) is 2.94. The van der Waals surface area contributed by atoms with Gasteiger partial charge in [0.25, 0.3) is 0 Å². The number of guanidine groups is 2. The van der Waals surface area contributed by atoms with Gasteiger partial charge in [0.05, 0.1) is 13.1 Å². The Morgan fingerprint density at radius 3 is 2.04 bits per heavy atom. The summed E-state index contributed by atoms with van der Waals surface area (Å²) in [6, 6.07) is 17.0. The molecule has 4 N–H and O–H groups in total. The topological polar surface area (TPSA) is 72.8 Å². The van der Waals surface area contributed by atoms with Crippen LogP contribution in [0.4, 0.5) is 11.4 Å². The van der Waals surface area contributed by atoms with Gasteiger partial charge in [0.2, 0.25) is 0 Å². The summed E-state index contributed by atoms with van der Waals surface area (Å²) >= 11 is 0. The first-order chi connectivity index (χ1) is 12.3. The van der Waals surface area contributed by atoms with Crippen LogP contribution >= 0.6 is 12.4 Å². The van der Waals surface area contributed by atoms with E-state index in [0.29, 0.717) is 0 Å². The number of nitrogens with zero attached hydrogens (tertiary/aromatic N) is 2. The average Bonchev–Trinajstić information content (AvgIpc) is 3.31. The summed E-state index contributed by atoms with van der Waals surface area (Å²) in [7, 11) is 0. The maximum Gasteiger partial charge on any atom is 0.195 e. The number of nitrogens with one attached hydrogen (secondary N) is 4. The molecule has 0 atom stereocenters. The third-order valence-corrected chi connectivity index (χ3v) is 4.16. The average molecular weight is 371 g/mol. The van der Waals surface area contributed by atoms with Gasteiger partial charge < -0.3 is 21.3 Å². The molecule has 0 saturated carbocycles. The molecular formula is C19H23ClN6. The van der Waals surface area contributed by atoms with E-state index in [4.69, 9.17) is 0 Å². The lowest BCUT2D eigenvalue weighted by Gasteiger charge is -2.10. The van der Waals surface area contributed by atoms with Gasteiger partial charge in [-0.05, 0) is 41.8 Å². The van der Waals surface area contributed by atoms with Crippen molar-refractivity contribution in [2.24, 2.45) is 9.98 Å². The molecule has 2 aromatic carbocycles. The third-order valence-electron chi connectivity index (χ3n) is 4.16. The summed E-state index contributed by atoms with van der Waals surface area (Å²) in [6.07, 6.45) is 0.898. The molecule has 0 amide bonds. The largest absolute Gasteiger partial charge is 0.354 e. The number of anilines is 2.